The smallest absolute Gasteiger partial charge is 0.314 e. The highest BCUT2D eigenvalue weighted by molar-refractivity contribution is 5.92. The molecule has 0 amide bonds. The molecule has 0 bridgehead atoms. The highest BCUT2D eigenvalue weighted by atomic mass is 16.5. The maximum Gasteiger partial charge on any atom is 0.314 e. The van der Waals surface area contributed by atoms with Gasteiger partial charge in [0, 0.05) is 18.9 Å². The zero-order valence-corrected chi connectivity index (χ0v) is 10.7. The van der Waals surface area contributed by atoms with Crippen LogP contribution in [0.1, 0.15) is 37.2 Å². The minimum absolute atomic E-state index is 0.0405. The molecule has 0 heterocycles. The van der Waals surface area contributed by atoms with Crippen LogP contribution in [0.25, 0.3) is 0 Å². The summed E-state index contributed by atoms with van der Waals surface area (Å²) in [6.45, 7) is 0. The fourth-order valence-electron chi connectivity index (χ4n) is 2.42. The molecule has 1 saturated carbocycles. The Morgan fingerprint density at radius 1 is 1.11 bits per heavy atom. The van der Waals surface area contributed by atoms with Crippen molar-refractivity contribution in [2.75, 3.05) is 0 Å². The van der Waals surface area contributed by atoms with Crippen LogP contribution in [0.4, 0.5) is 0 Å². The Balaban J connectivity index is 1.72. The second kappa shape index (κ2) is 5.00. The number of rotatable bonds is 3. The number of hydrogen-bond acceptors (Lipinski definition) is 3. The maximum absolute atomic E-state index is 11.8. The van der Waals surface area contributed by atoms with Crippen LogP contribution in [0.15, 0.2) is 42.2 Å². The molecule has 1 unspecified atom stereocenters. The largest absolute Gasteiger partial charge is 0.431 e. The first kappa shape index (κ1) is 12.2. The summed E-state index contributed by atoms with van der Waals surface area (Å²) in [5, 5.41) is 0. The number of ketones is 1. The molecule has 2 aliphatic rings. The third kappa shape index (κ3) is 2.92. The zero-order chi connectivity index (χ0) is 13.2. The number of esters is 1. The number of hydrogen-bond donors (Lipinski definition) is 0. The Kier molecular flexibility index (Phi) is 3.20. The minimum Gasteiger partial charge on any atom is -0.431 e. The Morgan fingerprint density at radius 2 is 1.84 bits per heavy atom. The molecule has 0 spiro atoms. The lowest BCUT2D eigenvalue weighted by molar-refractivity contribution is -0.141. The van der Waals surface area contributed by atoms with E-state index >= 15 is 0 Å². The standard InChI is InChI=1S/C16H16O3/c17-14-8-13(11-4-2-1-3-5-11)9-15(10-14)19-16(18)12-6-7-12/h1-5,10,12-13H,6-9H2. The molecular formula is C16H16O3. The van der Waals surface area contributed by atoms with Gasteiger partial charge in [0.1, 0.15) is 5.76 Å². The summed E-state index contributed by atoms with van der Waals surface area (Å²) in [6, 6.07) is 9.92. The molecule has 1 atom stereocenters. The molecule has 19 heavy (non-hydrogen) atoms. The van der Waals surface area contributed by atoms with Crippen LogP contribution >= 0.6 is 0 Å². The summed E-state index contributed by atoms with van der Waals surface area (Å²) in [7, 11) is 0. The molecule has 2 aliphatic carbocycles. The maximum atomic E-state index is 11.8. The van der Waals surface area contributed by atoms with Crippen LogP contribution in [0.2, 0.25) is 0 Å². The van der Waals surface area contributed by atoms with Crippen molar-refractivity contribution in [3.8, 4) is 0 Å². The van der Waals surface area contributed by atoms with Crippen molar-refractivity contribution in [1.82, 2.24) is 0 Å². The molecule has 1 aromatic carbocycles. The van der Waals surface area contributed by atoms with Crippen molar-refractivity contribution >= 4 is 11.8 Å². The molecule has 3 nitrogen and oxygen atoms in total. The van der Waals surface area contributed by atoms with Crippen LogP contribution in [0.3, 0.4) is 0 Å². The minimum atomic E-state index is -0.173. The van der Waals surface area contributed by atoms with Crippen LogP contribution in [-0.4, -0.2) is 11.8 Å². The van der Waals surface area contributed by atoms with E-state index in [0.29, 0.717) is 18.6 Å². The van der Waals surface area contributed by atoms with E-state index in [1.807, 2.05) is 30.3 Å². The van der Waals surface area contributed by atoms with Gasteiger partial charge in [-0.3, -0.25) is 9.59 Å². The van der Waals surface area contributed by atoms with Gasteiger partial charge in [-0.1, -0.05) is 30.3 Å². The average molecular weight is 256 g/mol. The summed E-state index contributed by atoms with van der Waals surface area (Å²) >= 11 is 0. The topological polar surface area (TPSA) is 43.4 Å². The van der Waals surface area contributed by atoms with Gasteiger partial charge in [0.25, 0.3) is 0 Å². The number of ether oxygens (including phenoxy) is 1. The Bertz CT molecular complexity index is 526. The van der Waals surface area contributed by atoms with E-state index in [9.17, 15) is 9.59 Å². The van der Waals surface area contributed by atoms with Crippen LogP contribution in [-0.2, 0) is 14.3 Å². The third-order valence-corrected chi connectivity index (χ3v) is 3.63. The highest BCUT2D eigenvalue weighted by Crippen LogP contribution is 2.35. The van der Waals surface area contributed by atoms with Gasteiger partial charge in [0.15, 0.2) is 5.78 Å². The Hall–Kier alpha value is -1.90. The summed E-state index contributed by atoms with van der Waals surface area (Å²) in [5.74, 6) is 0.585. The monoisotopic (exact) mass is 256 g/mol. The number of benzene rings is 1. The van der Waals surface area contributed by atoms with E-state index in [0.717, 1.165) is 18.4 Å². The summed E-state index contributed by atoms with van der Waals surface area (Å²) in [5.41, 5.74) is 1.13. The fraction of sp³-hybridized carbons (Fsp3) is 0.375. The fourth-order valence-corrected chi connectivity index (χ4v) is 2.42. The van der Waals surface area contributed by atoms with Crippen molar-refractivity contribution in [2.45, 2.75) is 31.6 Å². The molecule has 3 rings (SSSR count). The van der Waals surface area contributed by atoms with Crippen molar-refractivity contribution in [3.05, 3.63) is 47.7 Å². The molecule has 0 saturated heterocycles. The van der Waals surface area contributed by atoms with Gasteiger partial charge in [-0.05, 0) is 24.3 Å². The zero-order valence-electron chi connectivity index (χ0n) is 10.7. The summed E-state index contributed by atoms with van der Waals surface area (Å²) < 4.78 is 5.34. The third-order valence-electron chi connectivity index (χ3n) is 3.63. The molecule has 1 aromatic rings. The predicted molar refractivity (Wildman–Crippen MR) is 70.3 cm³/mol. The van der Waals surface area contributed by atoms with Gasteiger partial charge in [-0.25, -0.2) is 0 Å². The second-order valence-corrected chi connectivity index (χ2v) is 5.29. The Labute approximate surface area is 112 Å². The summed E-state index contributed by atoms with van der Waals surface area (Å²) in [6.07, 6.45) is 4.45. The Morgan fingerprint density at radius 3 is 2.53 bits per heavy atom. The first-order valence-corrected chi connectivity index (χ1v) is 6.72. The van der Waals surface area contributed by atoms with Crippen molar-refractivity contribution in [1.29, 1.82) is 0 Å². The highest BCUT2D eigenvalue weighted by Gasteiger charge is 2.33. The van der Waals surface area contributed by atoms with Crippen LogP contribution < -0.4 is 0 Å². The predicted octanol–water partition coefficient (Wildman–Crippen LogP) is 2.97. The lowest BCUT2D eigenvalue weighted by Crippen LogP contribution is -2.17. The van der Waals surface area contributed by atoms with Gasteiger partial charge in [0.05, 0.1) is 5.92 Å². The van der Waals surface area contributed by atoms with E-state index in [2.05, 4.69) is 0 Å². The van der Waals surface area contributed by atoms with Gasteiger partial charge in [-0.2, -0.15) is 0 Å². The van der Waals surface area contributed by atoms with Crippen LogP contribution in [0.5, 0.6) is 0 Å². The second-order valence-electron chi connectivity index (χ2n) is 5.29. The molecule has 98 valence electrons. The van der Waals surface area contributed by atoms with E-state index in [1.165, 1.54) is 6.08 Å². The molecule has 1 fully saturated rings. The van der Waals surface area contributed by atoms with Gasteiger partial charge in [-0.15, -0.1) is 0 Å². The molecule has 0 aromatic heterocycles. The van der Waals surface area contributed by atoms with E-state index in [4.69, 9.17) is 4.74 Å². The quantitative estimate of drug-likeness (QED) is 0.781. The number of allylic oxidation sites excluding steroid dienone is 2. The SMILES string of the molecule is O=C1C=C(OC(=O)C2CC2)CC(c2ccccc2)C1. The van der Waals surface area contributed by atoms with Gasteiger partial charge < -0.3 is 4.74 Å². The number of carbonyl (C=O) groups excluding carboxylic acids is 2. The van der Waals surface area contributed by atoms with E-state index < -0.39 is 0 Å². The van der Waals surface area contributed by atoms with Gasteiger partial charge >= 0.3 is 5.97 Å². The molecule has 3 heteroatoms. The summed E-state index contributed by atoms with van der Waals surface area (Å²) in [4.78, 5) is 23.4. The number of carbonyl (C=O) groups is 2. The lowest BCUT2D eigenvalue weighted by atomic mass is 9.86. The molecular weight excluding hydrogens is 240 g/mol. The normalized spacial score (nSPS) is 22.8. The van der Waals surface area contributed by atoms with Crippen molar-refractivity contribution in [2.24, 2.45) is 5.92 Å². The molecule has 0 N–H and O–H groups in total. The van der Waals surface area contributed by atoms with Crippen LogP contribution in [0, 0.1) is 5.92 Å². The first-order chi connectivity index (χ1) is 9.22. The van der Waals surface area contributed by atoms with Gasteiger partial charge in [0.2, 0.25) is 0 Å². The molecule has 0 radical (unpaired) electrons. The average Bonchev–Trinajstić information content (AvgIpc) is 3.23. The lowest BCUT2D eigenvalue weighted by Gasteiger charge is -2.21. The van der Waals surface area contributed by atoms with E-state index in [1.54, 1.807) is 0 Å². The van der Waals surface area contributed by atoms with E-state index in [-0.39, 0.29) is 23.6 Å². The van der Waals surface area contributed by atoms with Crippen molar-refractivity contribution in [3.63, 3.8) is 0 Å². The van der Waals surface area contributed by atoms with Crippen molar-refractivity contribution < 1.29 is 14.3 Å². The first-order valence-electron chi connectivity index (χ1n) is 6.72. The molecule has 0 aliphatic heterocycles.